The van der Waals surface area contributed by atoms with Crippen LogP contribution < -0.4 is 0 Å². The fraction of sp³-hybridized carbons (Fsp3) is 0. The quantitative estimate of drug-likeness (QED) is 0.235. The Morgan fingerprint density at radius 2 is 0.943 bits per heavy atom. The van der Waals surface area contributed by atoms with Gasteiger partial charge in [0, 0.05) is 16.5 Å². The Morgan fingerprint density at radius 3 is 1.63 bits per heavy atom. The normalized spacial score (nSPS) is 20.2. The maximum absolute atomic E-state index is 9.44. The molecule has 0 N–H and O–H groups in total. The zero-order chi connectivity index (χ0) is 42.3. The van der Waals surface area contributed by atoms with Gasteiger partial charge in [-0.2, -0.15) is 0 Å². The van der Waals surface area contributed by atoms with Gasteiger partial charge in [-0.3, -0.25) is 0 Å². The molecule has 0 saturated heterocycles. The Hall–Kier alpha value is -4.62. The Balaban J connectivity index is 1.88. The summed E-state index contributed by atoms with van der Waals surface area (Å²) in [6.45, 7) is 0. The first-order chi connectivity index (χ1) is 26.5. The van der Waals surface area contributed by atoms with Crippen LogP contribution in [0.5, 0.6) is 0 Å². The molecule has 7 aromatic rings. The Bertz CT molecular complexity index is 2930. The van der Waals surface area contributed by atoms with Gasteiger partial charge >= 0.3 is 0 Å². The first kappa shape index (κ1) is 7.69. The minimum Gasteiger partial charge on any atom is -0.464 e. The molecule has 0 bridgehead atoms. The van der Waals surface area contributed by atoms with E-state index in [1.165, 1.54) is 0 Å². The summed E-state index contributed by atoms with van der Waals surface area (Å²) >= 11 is 0. The smallest absolute Gasteiger partial charge is 0.134 e. The topological polar surface area (TPSA) is 13.1 Å². The highest BCUT2D eigenvalue weighted by Gasteiger charge is 2.19. The fourth-order valence-corrected chi connectivity index (χ4v) is 3.98. The van der Waals surface area contributed by atoms with Gasteiger partial charge in [-0.1, -0.05) is 115 Å². The highest BCUT2D eigenvalue weighted by atomic mass is 16.3. The van der Waals surface area contributed by atoms with Crippen LogP contribution in [0.4, 0.5) is 0 Å². The number of rotatable bonds is 3. The van der Waals surface area contributed by atoms with Crippen molar-refractivity contribution in [1.82, 2.24) is 0 Å². The molecule has 0 saturated carbocycles. The number of hydrogen-bond acceptors (Lipinski definition) is 1. The van der Waals surface area contributed by atoms with Gasteiger partial charge in [0.2, 0.25) is 0 Å². The summed E-state index contributed by atoms with van der Waals surface area (Å²) in [5, 5.41) is -2.98. The van der Waals surface area contributed by atoms with Crippen molar-refractivity contribution in [3.8, 4) is 33.4 Å². The van der Waals surface area contributed by atoms with Crippen LogP contribution in [0.3, 0.4) is 0 Å². The van der Waals surface area contributed by atoms with Gasteiger partial charge in [0.15, 0.2) is 0 Å². The van der Waals surface area contributed by atoms with E-state index in [2.05, 4.69) is 0 Å². The Labute approximate surface area is 234 Å². The molecule has 7 rings (SSSR count). The molecule has 35 heavy (non-hydrogen) atoms. The van der Waals surface area contributed by atoms with Crippen LogP contribution in [0.15, 0.2) is 138 Å². The average molecular weight is 469 g/mol. The van der Waals surface area contributed by atoms with Gasteiger partial charge in [0.1, 0.15) is 6.95 Å². The second kappa shape index (κ2) is 8.00. The standard InChI is InChI=1S/C34H22O/c1-2-11-23(12-3-1)24-13-10-14-25(21-24)33-27-16-4-6-18-29(27)34(30-19-7-5-17-28(30)33)31-22-35-32-20-9-8-15-26(31)32/h1-22H/i1D,2D,3D,4D,5D,6D,7D,8D,9D,10D,11D,12D,13D,14D,15D,16D,17D,18D,19D,20D,21D,22D. The summed E-state index contributed by atoms with van der Waals surface area (Å²) in [4.78, 5) is 0. The molecule has 0 aliphatic rings. The van der Waals surface area contributed by atoms with E-state index in [4.69, 9.17) is 30.5 Å². The molecule has 1 aromatic heterocycles. The predicted molar refractivity (Wildman–Crippen MR) is 148 cm³/mol. The van der Waals surface area contributed by atoms with Crippen LogP contribution in [0, 0.1) is 0 Å². The first-order valence-electron chi connectivity index (χ1n) is 21.2. The van der Waals surface area contributed by atoms with Crippen LogP contribution in [0.2, 0.25) is 0 Å². The maximum atomic E-state index is 9.44. The van der Waals surface area contributed by atoms with Crippen LogP contribution in [-0.2, 0) is 0 Å². The molecular formula is C34H22O. The van der Waals surface area contributed by atoms with E-state index in [9.17, 15) is 4.11 Å². The molecule has 0 aliphatic heterocycles. The summed E-state index contributed by atoms with van der Waals surface area (Å²) in [5.74, 6) is 0. The van der Waals surface area contributed by atoms with E-state index < -0.39 is 199 Å². The molecular weight excluding hydrogens is 424 g/mol. The fourth-order valence-electron chi connectivity index (χ4n) is 3.98. The van der Waals surface area contributed by atoms with Crippen LogP contribution >= 0.6 is 0 Å². The van der Waals surface area contributed by atoms with Crippen molar-refractivity contribution in [3.63, 3.8) is 0 Å². The van der Waals surface area contributed by atoms with Crippen LogP contribution in [-0.4, -0.2) is 0 Å². The van der Waals surface area contributed by atoms with Gasteiger partial charge < -0.3 is 4.42 Å². The lowest BCUT2D eigenvalue weighted by atomic mass is 9.85. The third-order valence-corrected chi connectivity index (χ3v) is 5.41. The summed E-state index contributed by atoms with van der Waals surface area (Å²) < 4.78 is 197. The number of benzene rings is 6. The molecule has 1 heterocycles. The first-order valence-corrected chi connectivity index (χ1v) is 10.2. The van der Waals surface area contributed by atoms with Gasteiger partial charge in [0.05, 0.1) is 35.0 Å². The zero-order valence-corrected chi connectivity index (χ0v) is 17.4. The number of fused-ring (bicyclic) bond motifs is 3. The van der Waals surface area contributed by atoms with Gasteiger partial charge in [-0.05, 0) is 55.9 Å². The molecule has 1 heteroatoms. The van der Waals surface area contributed by atoms with Crippen molar-refractivity contribution in [2.75, 3.05) is 0 Å². The molecule has 0 amide bonds. The van der Waals surface area contributed by atoms with Crippen molar-refractivity contribution in [2.24, 2.45) is 0 Å². The monoisotopic (exact) mass is 468 g/mol. The van der Waals surface area contributed by atoms with Gasteiger partial charge in [-0.25, -0.2) is 0 Å². The summed E-state index contributed by atoms with van der Waals surface area (Å²) in [7, 11) is 0. The van der Waals surface area contributed by atoms with Crippen molar-refractivity contribution in [1.29, 1.82) is 0 Å². The molecule has 0 spiro atoms. The van der Waals surface area contributed by atoms with Gasteiger partial charge in [-0.15, -0.1) is 0 Å². The van der Waals surface area contributed by atoms with Gasteiger partial charge in [0.25, 0.3) is 0 Å². The third kappa shape index (κ3) is 3.17. The lowest BCUT2D eigenvalue weighted by Crippen LogP contribution is -1.90. The molecule has 164 valence electrons. The van der Waals surface area contributed by atoms with Crippen molar-refractivity contribution < 1.29 is 34.6 Å². The molecule has 1 nitrogen and oxygen atoms in total. The number of para-hydroxylation sites is 1. The highest BCUT2D eigenvalue weighted by Crippen LogP contribution is 2.45. The molecule has 0 radical (unpaired) electrons. The zero-order valence-electron chi connectivity index (χ0n) is 39.4. The van der Waals surface area contributed by atoms with Crippen LogP contribution in [0.1, 0.15) is 30.2 Å². The molecule has 0 aliphatic carbocycles. The van der Waals surface area contributed by atoms with E-state index in [1.54, 1.807) is 0 Å². The second-order valence-corrected chi connectivity index (χ2v) is 7.28. The Morgan fingerprint density at radius 1 is 0.429 bits per heavy atom. The lowest BCUT2D eigenvalue weighted by Gasteiger charge is -2.17. The second-order valence-electron chi connectivity index (χ2n) is 7.28. The molecule has 0 atom stereocenters. The van der Waals surface area contributed by atoms with E-state index in [0.29, 0.717) is 0 Å². The number of furan rings is 1. The van der Waals surface area contributed by atoms with Crippen molar-refractivity contribution >= 4 is 32.5 Å². The van der Waals surface area contributed by atoms with Crippen molar-refractivity contribution in [3.05, 3.63) is 133 Å². The van der Waals surface area contributed by atoms with Crippen LogP contribution in [0.25, 0.3) is 65.9 Å². The van der Waals surface area contributed by atoms with E-state index in [0.717, 1.165) is 0 Å². The highest BCUT2D eigenvalue weighted by molar-refractivity contribution is 6.23. The average Bonchev–Trinajstić information content (AvgIpc) is 3.53. The molecule has 0 unspecified atom stereocenters. The van der Waals surface area contributed by atoms with E-state index in [-0.39, 0.29) is 0 Å². The minimum absolute atomic E-state index is 0.473. The predicted octanol–water partition coefficient (Wildman–Crippen LogP) is 9.74. The van der Waals surface area contributed by atoms with Crippen molar-refractivity contribution in [2.45, 2.75) is 0 Å². The third-order valence-electron chi connectivity index (χ3n) is 5.41. The maximum Gasteiger partial charge on any atom is 0.134 e. The Kier molecular flexibility index (Phi) is 1.76. The molecule has 0 fully saturated rings. The van der Waals surface area contributed by atoms with E-state index >= 15 is 0 Å². The summed E-state index contributed by atoms with van der Waals surface area (Å²) in [6, 6.07) is -18.5. The SMILES string of the molecule is [2H]c1oc2c([2H])c([2H])c([2H])c([2H])c2c1-c1c2c([2H])c([2H])c([2H])c([2H])c2c(-c2c([2H])c([2H])c([2H])c(-c3c([2H])c([2H])c([2H])c([2H])c3[2H])c2[2H])c2c([2H])c([2H])c([2H])c([2H])c12. The largest absolute Gasteiger partial charge is 0.464 e. The van der Waals surface area contributed by atoms with E-state index in [1.807, 2.05) is 0 Å². The lowest BCUT2D eigenvalue weighted by molar-refractivity contribution is 0.617. The minimum atomic E-state index is -0.986. The summed E-state index contributed by atoms with van der Waals surface area (Å²) in [6.07, 6.45) is -0.884. The summed E-state index contributed by atoms with van der Waals surface area (Å²) in [5.41, 5.74) is -4.58. The molecule has 6 aromatic carbocycles. The number of hydrogen-bond donors (Lipinski definition) is 0.